The first-order chi connectivity index (χ1) is 10.8. The minimum atomic E-state index is -0.218. The van der Waals surface area contributed by atoms with E-state index in [9.17, 15) is 4.79 Å². The molecule has 1 N–H and O–H groups in total. The molecule has 3 rings (SSSR count). The Morgan fingerprint density at radius 1 is 1.45 bits per heavy atom. The Hall–Kier alpha value is -1.46. The molecule has 0 saturated carbocycles. The van der Waals surface area contributed by atoms with Gasteiger partial charge >= 0.3 is 0 Å². The molecule has 2 aliphatic rings. The van der Waals surface area contributed by atoms with Crippen molar-refractivity contribution in [2.75, 3.05) is 31.6 Å². The zero-order valence-electron chi connectivity index (χ0n) is 12.3. The molecule has 0 aliphatic carbocycles. The summed E-state index contributed by atoms with van der Waals surface area (Å²) in [6, 6.07) is 3.93. The highest BCUT2D eigenvalue weighted by Gasteiger charge is 2.34. The van der Waals surface area contributed by atoms with E-state index in [4.69, 9.17) is 14.7 Å². The Kier molecular flexibility index (Phi) is 5.05. The molecule has 7 heteroatoms. The fraction of sp³-hybridized carbons (Fsp3) is 0.600. The maximum absolute atomic E-state index is 12.3. The topological polar surface area (TPSA) is 74.6 Å². The summed E-state index contributed by atoms with van der Waals surface area (Å²) in [5.74, 6) is -0.0937. The molecule has 0 bridgehead atoms. The molecule has 0 aromatic carbocycles. The summed E-state index contributed by atoms with van der Waals surface area (Å²) in [6.45, 7) is 2.43. The van der Waals surface area contributed by atoms with Crippen molar-refractivity contribution in [3.05, 3.63) is 17.0 Å². The van der Waals surface area contributed by atoms with E-state index in [0.717, 1.165) is 25.8 Å². The first-order valence-electron chi connectivity index (χ1n) is 7.52. The van der Waals surface area contributed by atoms with Crippen LogP contribution in [-0.2, 0) is 14.3 Å². The van der Waals surface area contributed by atoms with Crippen molar-refractivity contribution in [3.8, 4) is 6.07 Å². The zero-order valence-corrected chi connectivity index (χ0v) is 13.1. The third-order valence-corrected chi connectivity index (χ3v) is 4.84. The van der Waals surface area contributed by atoms with E-state index >= 15 is 0 Å². The van der Waals surface area contributed by atoms with Crippen molar-refractivity contribution in [3.63, 3.8) is 0 Å². The maximum Gasteiger partial charge on any atom is 0.239 e. The van der Waals surface area contributed by atoms with Crippen LogP contribution in [0.15, 0.2) is 11.4 Å². The summed E-state index contributed by atoms with van der Waals surface area (Å²) in [7, 11) is 0. The number of carbonyl (C=O) groups excluding carboxylic acids is 1. The highest BCUT2D eigenvalue weighted by atomic mass is 32.1. The van der Waals surface area contributed by atoms with Crippen LogP contribution in [0.1, 0.15) is 24.8 Å². The third-order valence-electron chi connectivity index (χ3n) is 4.01. The Bertz CT molecular complexity index is 563. The van der Waals surface area contributed by atoms with Crippen molar-refractivity contribution in [1.29, 1.82) is 5.26 Å². The lowest BCUT2D eigenvalue weighted by atomic mass is 10.0. The molecule has 1 aromatic rings. The molecule has 0 radical (unpaired) electrons. The number of nitriles is 1. The quantitative estimate of drug-likeness (QED) is 0.915. The predicted molar refractivity (Wildman–Crippen MR) is 82.6 cm³/mol. The Morgan fingerprint density at radius 2 is 2.27 bits per heavy atom. The number of amides is 1. The van der Waals surface area contributed by atoms with E-state index in [-0.39, 0.29) is 18.2 Å². The molecule has 1 aromatic heterocycles. The number of piperidine rings is 1. The average molecular weight is 321 g/mol. The van der Waals surface area contributed by atoms with Gasteiger partial charge in [-0.2, -0.15) is 5.26 Å². The summed E-state index contributed by atoms with van der Waals surface area (Å²) < 4.78 is 11.2. The summed E-state index contributed by atoms with van der Waals surface area (Å²) in [4.78, 5) is 14.4. The Morgan fingerprint density at radius 3 is 3.05 bits per heavy atom. The molecule has 1 atom stereocenters. The van der Waals surface area contributed by atoms with E-state index in [0.29, 0.717) is 30.3 Å². The molecule has 2 fully saturated rings. The lowest BCUT2D eigenvalue weighted by Gasteiger charge is -2.37. The van der Waals surface area contributed by atoms with Crippen molar-refractivity contribution >= 4 is 22.2 Å². The van der Waals surface area contributed by atoms with Gasteiger partial charge in [-0.3, -0.25) is 9.69 Å². The number of rotatable bonds is 4. The van der Waals surface area contributed by atoms with E-state index in [1.165, 1.54) is 11.3 Å². The largest absolute Gasteiger partial charge is 0.349 e. The number of hydrogen-bond donors (Lipinski definition) is 1. The molecule has 1 amide bonds. The summed E-state index contributed by atoms with van der Waals surface area (Å²) >= 11 is 1.37. The second-order valence-electron chi connectivity index (χ2n) is 5.47. The highest BCUT2D eigenvalue weighted by molar-refractivity contribution is 7.14. The van der Waals surface area contributed by atoms with Crippen LogP contribution in [0.3, 0.4) is 0 Å². The molecule has 1 unspecified atom stereocenters. The van der Waals surface area contributed by atoms with Gasteiger partial charge in [-0.1, -0.05) is 6.42 Å². The van der Waals surface area contributed by atoms with E-state index in [2.05, 4.69) is 16.3 Å². The minimum Gasteiger partial charge on any atom is -0.349 e. The molecule has 0 spiro atoms. The Labute approximate surface area is 133 Å². The van der Waals surface area contributed by atoms with Gasteiger partial charge in [0.2, 0.25) is 5.91 Å². The van der Waals surface area contributed by atoms with E-state index in [1.807, 2.05) is 0 Å². The fourth-order valence-corrected chi connectivity index (χ4v) is 3.72. The van der Waals surface area contributed by atoms with Crippen LogP contribution >= 0.6 is 11.3 Å². The standard InChI is InChI=1S/C15H19N3O3S/c16-9-11-4-8-22-14(11)17-13(19)10-18-5-2-1-3-12(18)15-20-6-7-21-15/h4,8,12,15H,1-3,5-7,10H2,(H,17,19). The smallest absolute Gasteiger partial charge is 0.239 e. The number of carbonyl (C=O) groups is 1. The van der Waals surface area contributed by atoms with Gasteiger partial charge in [-0.05, 0) is 30.8 Å². The predicted octanol–water partition coefficient (Wildman–Crippen LogP) is 1.79. The molecule has 2 saturated heterocycles. The van der Waals surface area contributed by atoms with Crippen LogP contribution in [0.4, 0.5) is 5.00 Å². The fourth-order valence-electron chi connectivity index (χ4n) is 2.96. The van der Waals surface area contributed by atoms with Gasteiger partial charge < -0.3 is 14.8 Å². The number of thiophene rings is 1. The van der Waals surface area contributed by atoms with Crippen LogP contribution in [0, 0.1) is 11.3 Å². The van der Waals surface area contributed by atoms with Gasteiger partial charge in [0.05, 0.1) is 31.4 Å². The SMILES string of the molecule is N#Cc1ccsc1NC(=O)CN1CCCCC1C1OCCO1. The number of nitrogens with one attached hydrogen (secondary N) is 1. The number of hydrogen-bond acceptors (Lipinski definition) is 6. The summed E-state index contributed by atoms with van der Waals surface area (Å²) in [5.41, 5.74) is 0.510. The van der Waals surface area contributed by atoms with Crippen LogP contribution in [0.5, 0.6) is 0 Å². The van der Waals surface area contributed by atoms with Gasteiger partial charge in [0.25, 0.3) is 0 Å². The first kappa shape index (κ1) is 15.4. The van der Waals surface area contributed by atoms with Gasteiger partial charge in [-0.15, -0.1) is 11.3 Å². The maximum atomic E-state index is 12.3. The van der Waals surface area contributed by atoms with Crippen molar-refractivity contribution in [2.45, 2.75) is 31.6 Å². The number of anilines is 1. The van der Waals surface area contributed by atoms with E-state index in [1.54, 1.807) is 11.4 Å². The third kappa shape index (κ3) is 3.47. The second kappa shape index (κ2) is 7.20. The van der Waals surface area contributed by atoms with Crippen molar-refractivity contribution < 1.29 is 14.3 Å². The summed E-state index contributed by atoms with van der Waals surface area (Å²) in [6.07, 6.45) is 2.99. The Balaban J connectivity index is 1.60. The molecule has 6 nitrogen and oxygen atoms in total. The lowest BCUT2D eigenvalue weighted by Crippen LogP contribution is -2.50. The highest BCUT2D eigenvalue weighted by Crippen LogP contribution is 2.25. The van der Waals surface area contributed by atoms with Gasteiger partial charge in [0.1, 0.15) is 11.1 Å². The van der Waals surface area contributed by atoms with Crippen LogP contribution < -0.4 is 5.32 Å². The second-order valence-corrected chi connectivity index (χ2v) is 6.38. The summed E-state index contributed by atoms with van der Waals surface area (Å²) in [5, 5.41) is 14.2. The zero-order chi connectivity index (χ0) is 15.4. The van der Waals surface area contributed by atoms with Gasteiger partial charge in [0, 0.05) is 0 Å². The molecular weight excluding hydrogens is 302 g/mol. The molecular formula is C15H19N3O3S. The molecule has 118 valence electrons. The molecule has 2 aliphatic heterocycles. The van der Waals surface area contributed by atoms with E-state index < -0.39 is 0 Å². The molecule has 22 heavy (non-hydrogen) atoms. The lowest BCUT2D eigenvalue weighted by molar-refractivity contribution is -0.127. The normalized spacial score (nSPS) is 23.3. The first-order valence-corrected chi connectivity index (χ1v) is 8.40. The van der Waals surface area contributed by atoms with Crippen molar-refractivity contribution in [1.82, 2.24) is 4.90 Å². The average Bonchev–Trinajstić information content (AvgIpc) is 3.18. The van der Waals surface area contributed by atoms with Crippen LogP contribution in [-0.4, -0.2) is 49.4 Å². The van der Waals surface area contributed by atoms with Crippen LogP contribution in [0.2, 0.25) is 0 Å². The minimum absolute atomic E-state index is 0.0937. The molecule has 3 heterocycles. The van der Waals surface area contributed by atoms with Crippen molar-refractivity contribution in [2.24, 2.45) is 0 Å². The van der Waals surface area contributed by atoms with Gasteiger partial charge in [-0.25, -0.2) is 0 Å². The number of ether oxygens (including phenoxy) is 2. The number of nitrogens with zero attached hydrogens (tertiary/aromatic N) is 2. The number of likely N-dealkylation sites (tertiary alicyclic amines) is 1. The van der Waals surface area contributed by atoms with Gasteiger partial charge in [0.15, 0.2) is 6.29 Å². The van der Waals surface area contributed by atoms with Crippen LogP contribution in [0.25, 0.3) is 0 Å². The monoisotopic (exact) mass is 321 g/mol.